The van der Waals surface area contributed by atoms with Gasteiger partial charge in [-0.25, -0.2) is 8.42 Å². The zero-order valence-corrected chi connectivity index (χ0v) is 19.9. The summed E-state index contributed by atoms with van der Waals surface area (Å²) in [5, 5.41) is 3.36. The Morgan fingerprint density at radius 2 is 1.71 bits per heavy atom. The van der Waals surface area contributed by atoms with Gasteiger partial charge in [0.05, 0.1) is 17.7 Å². The fourth-order valence-electron chi connectivity index (χ4n) is 3.65. The second kappa shape index (κ2) is 9.18. The maximum Gasteiger partial charge on any atom is 0.243 e. The van der Waals surface area contributed by atoms with Crippen LogP contribution in [0.3, 0.4) is 0 Å². The molecule has 2 aromatic carbocycles. The van der Waals surface area contributed by atoms with Crippen LogP contribution in [0.25, 0.3) is 0 Å². The molecule has 1 N–H and O–H groups in total. The Hall–Kier alpha value is -2.09. The van der Waals surface area contributed by atoms with Crippen molar-refractivity contribution in [3.63, 3.8) is 0 Å². The minimum atomic E-state index is -3.58. The van der Waals surface area contributed by atoms with E-state index in [1.165, 1.54) is 11.4 Å². The molecule has 31 heavy (non-hydrogen) atoms. The quantitative estimate of drug-likeness (QED) is 0.696. The molecule has 8 heteroatoms. The minimum absolute atomic E-state index is 0.0420. The molecule has 1 heterocycles. The van der Waals surface area contributed by atoms with Crippen molar-refractivity contribution in [3.05, 3.63) is 53.1 Å². The van der Waals surface area contributed by atoms with Crippen LogP contribution in [-0.4, -0.2) is 38.8 Å². The zero-order valence-electron chi connectivity index (χ0n) is 18.3. The number of sulfonamides is 1. The number of piperidine rings is 1. The lowest BCUT2D eigenvalue weighted by Crippen LogP contribution is -2.41. The number of rotatable bonds is 5. The summed E-state index contributed by atoms with van der Waals surface area (Å²) in [6, 6.07) is 12.1. The number of halogens is 1. The molecule has 3 rings (SSSR count). The Balaban J connectivity index is 1.65. The van der Waals surface area contributed by atoms with Crippen molar-refractivity contribution in [1.82, 2.24) is 4.31 Å². The van der Waals surface area contributed by atoms with Gasteiger partial charge in [-0.1, -0.05) is 44.5 Å². The summed E-state index contributed by atoms with van der Waals surface area (Å²) in [5.74, 6) is 0.0852. The van der Waals surface area contributed by atoms with Crippen molar-refractivity contribution in [2.24, 2.45) is 5.92 Å². The van der Waals surface area contributed by atoms with Gasteiger partial charge in [-0.3, -0.25) is 4.79 Å². The topological polar surface area (TPSA) is 75.7 Å². The van der Waals surface area contributed by atoms with Crippen LogP contribution in [0.4, 0.5) is 5.69 Å². The van der Waals surface area contributed by atoms with Gasteiger partial charge < -0.3 is 10.1 Å². The second-order valence-corrected chi connectivity index (χ2v) is 11.2. The lowest BCUT2D eigenvalue weighted by Gasteiger charge is -2.31. The van der Waals surface area contributed by atoms with E-state index in [0.717, 1.165) is 5.56 Å². The first-order valence-electron chi connectivity index (χ1n) is 10.3. The number of hydrogen-bond donors (Lipinski definition) is 1. The molecule has 0 aromatic heterocycles. The van der Waals surface area contributed by atoms with Gasteiger partial charge in [0.15, 0.2) is 0 Å². The average Bonchev–Trinajstić information content (AvgIpc) is 2.73. The van der Waals surface area contributed by atoms with Gasteiger partial charge >= 0.3 is 0 Å². The number of carbonyl (C=O) groups excluding carboxylic acids is 1. The van der Waals surface area contributed by atoms with Crippen molar-refractivity contribution in [2.75, 3.05) is 25.5 Å². The normalized spacial score (nSPS) is 16.2. The standard InChI is InChI=1S/C23H29ClN2O4S/c1-23(2,3)17-5-8-19(9-6-17)31(28,29)26-13-11-16(12-14-26)22(27)25-20-15-18(24)7-10-21(20)30-4/h5-10,15-16H,11-14H2,1-4H3,(H,25,27). The SMILES string of the molecule is COc1ccc(Cl)cc1NC(=O)C1CCN(S(=O)(=O)c2ccc(C(C)(C)C)cc2)CC1. The molecular formula is C23H29ClN2O4S. The highest BCUT2D eigenvalue weighted by atomic mass is 35.5. The van der Waals surface area contributed by atoms with Crippen LogP contribution in [0.2, 0.25) is 5.02 Å². The molecule has 168 valence electrons. The Kier molecular flexibility index (Phi) is 6.98. The molecule has 1 aliphatic heterocycles. The Morgan fingerprint density at radius 1 is 1.10 bits per heavy atom. The molecule has 0 unspecified atom stereocenters. The third-order valence-electron chi connectivity index (χ3n) is 5.60. The molecule has 1 aliphatic rings. The molecule has 6 nitrogen and oxygen atoms in total. The van der Waals surface area contributed by atoms with Gasteiger partial charge in [0, 0.05) is 24.0 Å². The Bertz CT molecular complexity index is 1040. The zero-order chi connectivity index (χ0) is 22.8. The van der Waals surface area contributed by atoms with Crippen molar-refractivity contribution < 1.29 is 17.9 Å². The number of nitrogens with zero attached hydrogens (tertiary/aromatic N) is 1. The summed E-state index contributed by atoms with van der Waals surface area (Å²) in [6.45, 7) is 6.87. The van der Waals surface area contributed by atoms with Gasteiger partial charge in [0.1, 0.15) is 5.75 Å². The molecule has 0 aliphatic carbocycles. The fraction of sp³-hybridized carbons (Fsp3) is 0.435. The summed E-state index contributed by atoms with van der Waals surface area (Å²) in [4.78, 5) is 13.0. The van der Waals surface area contributed by atoms with E-state index < -0.39 is 10.0 Å². The Labute approximate surface area is 189 Å². The molecule has 2 aromatic rings. The van der Waals surface area contributed by atoms with E-state index in [0.29, 0.717) is 42.4 Å². The third kappa shape index (κ3) is 5.40. The lowest BCUT2D eigenvalue weighted by molar-refractivity contribution is -0.120. The van der Waals surface area contributed by atoms with Crippen LogP contribution in [0, 0.1) is 5.92 Å². The summed E-state index contributed by atoms with van der Waals surface area (Å²) in [7, 11) is -2.06. The van der Waals surface area contributed by atoms with E-state index in [9.17, 15) is 13.2 Å². The summed E-state index contributed by atoms with van der Waals surface area (Å²) in [6.07, 6.45) is 0.905. The first-order chi connectivity index (χ1) is 14.5. The van der Waals surface area contributed by atoms with Gasteiger partial charge in [-0.15, -0.1) is 0 Å². The summed E-state index contributed by atoms with van der Waals surface area (Å²) < 4.78 is 32.8. The highest BCUT2D eigenvalue weighted by molar-refractivity contribution is 7.89. The molecule has 1 fully saturated rings. The van der Waals surface area contributed by atoms with E-state index in [1.54, 1.807) is 30.3 Å². The maximum atomic E-state index is 13.0. The van der Waals surface area contributed by atoms with Crippen LogP contribution in [0.1, 0.15) is 39.2 Å². The first-order valence-corrected chi connectivity index (χ1v) is 12.1. The average molecular weight is 465 g/mol. The lowest BCUT2D eigenvalue weighted by atomic mass is 9.87. The molecule has 0 bridgehead atoms. The molecule has 0 atom stereocenters. The number of benzene rings is 2. The monoisotopic (exact) mass is 464 g/mol. The van der Waals surface area contributed by atoms with Crippen LogP contribution in [0.15, 0.2) is 47.4 Å². The highest BCUT2D eigenvalue weighted by Gasteiger charge is 2.32. The van der Waals surface area contributed by atoms with E-state index in [-0.39, 0.29) is 22.1 Å². The van der Waals surface area contributed by atoms with Crippen molar-refractivity contribution in [1.29, 1.82) is 0 Å². The maximum absolute atomic E-state index is 13.0. The number of hydrogen-bond acceptors (Lipinski definition) is 4. The smallest absolute Gasteiger partial charge is 0.243 e. The summed E-state index contributed by atoms with van der Waals surface area (Å²) >= 11 is 6.02. The summed E-state index contributed by atoms with van der Waals surface area (Å²) in [5.41, 5.74) is 1.55. The predicted molar refractivity (Wildman–Crippen MR) is 123 cm³/mol. The van der Waals surface area contributed by atoms with Crippen LogP contribution >= 0.6 is 11.6 Å². The van der Waals surface area contributed by atoms with Crippen molar-refractivity contribution in [2.45, 2.75) is 43.9 Å². The largest absolute Gasteiger partial charge is 0.495 e. The molecular weight excluding hydrogens is 436 g/mol. The number of methoxy groups -OCH3 is 1. The van der Waals surface area contributed by atoms with Crippen LogP contribution < -0.4 is 10.1 Å². The third-order valence-corrected chi connectivity index (χ3v) is 7.75. The molecule has 1 amide bonds. The van der Waals surface area contributed by atoms with Gasteiger partial charge in [-0.2, -0.15) is 4.31 Å². The predicted octanol–water partition coefficient (Wildman–Crippen LogP) is 4.69. The van der Waals surface area contributed by atoms with Crippen molar-refractivity contribution >= 4 is 33.2 Å². The number of amides is 1. The van der Waals surface area contributed by atoms with E-state index in [4.69, 9.17) is 16.3 Å². The Morgan fingerprint density at radius 3 is 2.26 bits per heavy atom. The van der Waals surface area contributed by atoms with Gasteiger partial charge in [-0.05, 0) is 54.2 Å². The minimum Gasteiger partial charge on any atom is -0.495 e. The van der Waals surface area contributed by atoms with E-state index in [1.807, 2.05) is 12.1 Å². The van der Waals surface area contributed by atoms with Crippen LogP contribution in [-0.2, 0) is 20.2 Å². The van der Waals surface area contributed by atoms with Crippen LogP contribution in [0.5, 0.6) is 5.75 Å². The number of nitrogens with one attached hydrogen (secondary N) is 1. The molecule has 0 spiro atoms. The number of anilines is 1. The number of ether oxygens (including phenoxy) is 1. The number of carbonyl (C=O) groups is 1. The fourth-order valence-corrected chi connectivity index (χ4v) is 5.29. The molecule has 0 saturated carbocycles. The molecule has 1 saturated heterocycles. The van der Waals surface area contributed by atoms with Gasteiger partial charge in [0.2, 0.25) is 15.9 Å². The van der Waals surface area contributed by atoms with Gasteiger partial charge in [0.25, 0.3) is 0 Å². The first kappa shape index (κ1) is 23.6. The second-order valence-electron chi connectivity index (χ2n) is 8.79. The highest BCUT2D eigenvalue weighted by Crippen LogP contribution is 2.30. The molecule has 0 radical (unpaired) electrons. The van der Waals surface area contributed by atoms with Crippen molar-refractivity contribution in [3.8, 4) is 5.75 Å². The van der Waals surface area contributed by atoms with E-state index >= 15 is 0 Å². The van der Waals surface area contributed by atoms with E-state index in [2.05, 4.69) is 26.1 Å².